The lowest BCUT2D eigenvalue weighted by Gasteiger charge is -2.17. The first-order valence-corrected chi connectivity index (χ1v) is 3.92. The van der Waals surface area contributed by atoms with E-state index in [1.54, 1.807) is 0 Å². The number of hydrogen-bond acceptors (Lipinski definition) is 0. The third-order valence-electron chi connectivity index (χ3n) is 2.12. The van der Waals surface area contributed by atoms with Crippen molar-refractivity contribution >= 4 is 0 Å². The minimum absolute atomic E-state index is 0.571. The zero-order chi connectivity index (χ0) is 7.68. The third kappa shape index (κ3) is 1.14. The van der Waals surface area contributed by atoms with Crippen molar-refractivity contribution in [1.29, 1.82) is 0 Å². The molecule has 1 unspecified atom stereocenters. The maximum Gasteiger partial charge on any atom is 0.0144 e. The fraction of sp³-hybridized carbons (Fsp3) is 0.273. The van der Waals surface area contributed by atoms with Crippen molar-refractivity contribution in [2.24, 2.45) is 5.92 Å². The Bertz CT molecular complexity index is 316. The highest BCUT2D eigenvalue weighted by Gasteiger charge is 2.14. The van der Waals surface area contributed by atoms with Crippen LogP contribution in [0.3, 0.4) is 0 Å². The lowest BCUT2D eigenvalue weighted by molar-refractivity contribution is 0.754. The van der Waals surface area contributed by atoms with Gasteiger partial charge >= 0.3 is 0 Å². The normalized spacial score (nSPS) is 26.1. The van der Waals surface area contributed by atoms with Gasteiger partial charge in [-0.1, -0.05) is 35.6 Å². The summed E-state index contributed by atoms with van der Waals surface area (Å²) in [6.45, 7) is 2.17. The highest BCUT2D eigenvalue weighted by Crippen LogP contribution is 2.26. The van der Waals surface area contributed by atoms with E-state index in [0.29, 0.717) is 5.92 Å². The molecular weight excluding hydrogens is 132 g/mol. The first kappa shape index (κ1) is 6.49. The molecule has 0 saturated heterocycles. The van der Waals surface area contributed by atoms with E-state index < -0.39 is 0 Å². The maximum atomic E-state index is 3.12. The van der Waals surface area contributed by atoms with E-state index in [9.17, 15) is 0 Å². The van der Waals surface area contributed by atoms with Crippen LogP contribution in [0, 0.1) is 17.8 Å². The van der Waals surface area contributed by atoms with Crippen LogP contribution in [-0.4, -0.2) is 0 Å². The predicted octanol–water partition coefficient (Wildman–Crippen LogP) is 2.45. The maximum absolute atomic E-state index is 3.12. The quantitative estimate of drug-likeness (QED) is 0.456. The van der Waals surface area contributed by atoms with Crippen molar-refractivity contribution in [3.05, 3.63) is 35.5 Å². The molecule has 2 rings (SSSR count). The van der Waals surface area contributed by atoms with Crippen LogP contribution in [0.2, 0.25) is 0 Å². The molecule has 0 radical (unpaired) electrons. The van der Waals surface area contributed by atoms with Gasteiger partial charge in [0.2, 0.25) is 0 Å². The Morgan fingerprint density at radius 2 is 2.36 bits per heavy atom. The summed E-state index contributed by atoms with van der Waals surface area (Å²) in [5.41, 5.74) is 2.73. The van der Waals surface area contributed by atoms with E-state index in [2.05, 4.69) is 37.0 Å². The molecule has 0 saturated carbocycles. The summed E-state index contributed by atoms with van der Waals surface area (Å²) in [7, 11) is 0. The van der Waals surface area contributed by atoms with Gasteiger partial charge in [-0.15, -0.1) is 0 Å². The second-order valence-corrected chi connectivity index (χ2v) is 3.07. The minimum Gasteiger partial charge on any atom is -0.0724 e. The van der Waals surface area contributed by atoms with Crippen LogP contribution < -0.4 is 0 Å². The lowest BCUT2D eigenvalue weighted by Crippen LogP contribution is -2.05. The molecule has 11 heavy (non-hydrogen) atoms. The molecule has 0 aromatic rings. The van der Waals surface area contributed by atoms with E-state index in [-0.39, 0.29) is 0 Å². The zero-order valence-corrected chi connectivity index (χ0v) is 6.59. The van der Waals surface area contributed by atoms with Gasteiger partial charge in [0.25, 0.3) is 0 Å². The molecule has 0 N–H and O–H groups in total. The summed E-state index contributed by atoms with van der Waals surface area (Å²) in [6, 6.07) is 0. The molecule has 2 aliphatic carbocycles. The van der Waals surface area contributed by atoms with Crippen LogP contribution in [0.4, 0.5) is 0 Å². The van der Waals surface area contributed by atoms with Gasteiger partial charge in [0.1, 0.15) is 0 Å². The third-order valence-corrected chi connectivity index (χ3v) is 2.12. The first-order chi connectivity index (χ1) is 5.36. The molecule has 0 aromatic carbocycles. The summed E-state index contributed by atoms with van der Waals surface area (Å²) in [5.74, 6) is 6.66. The van der Waals surface area contributed by atoms with Crippen molar-refractivity contribution in [3.63, 3.8) is 0 Å². The largest absolute Gasteiger partial charge is 0.0724 e. The lowest BCUT2D eigenvalue weighted by atomic mass is 9.86. The average molecular weight is 142 g/mol. The first-order valence-electron chi connectivity index (χ1n) is 3.92. The molecule has 0 aliphatic heterocycles. The van der Waals surface area contributed by atoms with Crippen molar-refractivity contribution in [2.75, 3.05) is 0 Å². The van der Waals surface area contributed by atoms with Crippen molar-refractivity contribution < 1.29 is 0 Å². The monoisotopic (exact) mass is 142 g/mol. The summed E-state index contributed by atoms with van der Waals surface area (Å²) in [4.78, 5) is 0. The molecular formula is C11H10. The Morgan fingerprint density at radius 3 is 3.27 bits per heavy atom. The molecule has 0 heterocycles. The highest BCUT2D eigenvalue weighted by atomic mass is 14.2. The highest BCUT2D eigenvalue weighted by molar-refractivity contribution is 5.46. The molecule has 0 nitrogen and oxygen atoms in total. The van der Waals surface area contributed by atoms with Crippen LogP contribution >= 0.6 is 0 Å². The van der Waals surface area contributed by atoms with Gasteiger partial charge in [0.05, 0.1) is 0 Å². The zero-order valence-electron chi connectivity index (χ0n) is 6.59. The van der Waals surface area contributed by atoms with Crippen LogP contribution in [0.15, 0.2) is 35.5 Å². The van der Waals surface area contributed by atoms with Gasteiger partial charge < -0.3 is 0 Å². The van der Waals surface area contributed by atoms with Crippen molar-refractivity contribution in [3.8, 4) is 11.8 Å². The Kier molecular flexibility index (Phi) is 1.43. The van der Waals surface area contributed by atoms with Crippen LogP contribution in [0.5, 0.6) is 0 Å². The fourth-order valence-electron chi connectivity index (χ4n) is 1.48. The minimum atomic E-state index is 0.571. The number of allylic oxidation sites excluding steroid dienone is 6. The Morgan fingerprint density at radius 1 is 1.45 bits per heavy atom. The molecule has 0 aromatic heterocycles. The van der Waals surface area contributed by atoms with E-state index in [0.717, 1.165) is 6.42 Å². The van der Waals surface area contributed by atoms with E-state index >= 15 is 0 Å². The Hall–Kier alpha value is -1.22. The van der Waals surface area contributed by atoms with Crippen LogP contribution in [0.25, 0.3) is 0 Å². The van der Waals surface area contributed by atoms with Crippen molar-refractivity contribution in [1.82, 2.24) is 0 Å². The van der Waals surface area contributed by atoms with Gasteiger partial charge in [-0.3, -0.25) is 0 Å². The molecule has 1 atom stereocenters. The predicted molar refractivity (Wildman–Crippen MR) is 46.9 cm³/mol. The summed E-state index contributed by atoms with van der Waals surface area (Å²) < 4.78 is 0. The van der Waals surface area contributed by atoms with Gasteiger partial charge in [0, 0.05) is 11.5 Å². The average Bonchev–Trinajstić information content (AvgIpc) is 2.04. The van der Waals surface area contributed by atoms with Crippen molar-refractivity contribution in [2.45, 2.75) is 13.3 Å². The number of rotatable bonds is 0. The Balaban J connectivity index is 2.37. The second kappa shape index (κ2) is 2.43. The van der Waals surface area contributed by atoms with Gasteiger partial charge in [0.15, 0.2) is 0 Å². The second-order valence-electron chi connectivity index (χ2n) is 3.07. The number of fused-ring (bicyclic) bond motifs is 1. The van der Waals surface area contributed by atoms with E-state index in [1.165, 1.54) is 11.1 Å². The molecule has 0 spiro atoms. The summed E-state index contributed by atoms with van der Waals surface area (Å²) in [5, 5.41) is 0. The molecule has 2 aliphatic rings. The summed E-state index contributed by atoms with van der Waals surface area (Å²) in [6.07, 6.45) is 9.61. The Labute approximate surface area is 67.3 Å². The van der Waals surface area contributed by atoms with Gasteiger partial charge in [-0.25, -0.2) is 0 Å². The smallest absolute Gasteiger partial charge is 0.0144 e. The van der Waals surface area contributed by atoms with Crippen LogP contribution in [0.1, 0.15) is 13.3 Å². The van der Waals surface area contributed by atoms with Gasteiger partial charge in [-0.05, 0) is 19.4 Å². The number of hydrogen-bond donors (Lipinski definition) is 0. The fourth-order valence-corrected chi connectivity index (χ4v) is 1.48. The molecule has 0 fully saturated rings. The summed E-state index contributed by atoms with van der Waals surface area (Å²) >= 11 is 0. The molecule has 0 heteroatoms. The SMILES string of the molecule is CC1=CC=C2C#CC=CC2C1. The topological polar surface area (TPSA) is 0 Å². The molecule has 54 valence electrons. The van der Waals surface area contributed by atoms with E-state index in [1.807, 2.05) is 6.08 Å². The standard InChI is InChI=1S/C11H10/c1-9-6-7-10-4-2-3-5-11(10)8-9/h3,5-7,11H,8H2,1H3. The van der Waals surface area contributed by atoms with E-state index in [4.69, 9.17) is 0 Å². The molecule has 0 bridgehead atoms. The van der Waals surface area contributed by atoms with Crippen LogP contribution in [-0.2, 0) is 0 Å². The van der Waals surface area contributed by atoms with Gasteiger partial charge in [-0.2, -0.15) is 0 Å². The molecule has 0 amide bonds.